The summed E-state index contributed by atoms with van der Waals surface area (Å²) in [6, 6.07) is 8.29. The molecule has 1 fully saturated rings. The number of hydrogen-bond acceptors (Lipinski definition) is 5. The van der Waals surface area contributed by atoms with Crippen molar-refractivity contribution < 1.29 is 15.0 Å². The van der Waals surface area contributed by atoms with Gasteiger partial charge in [0.2, 0.25) is 5.91 Å². The number of fused-ring (bicyclic) bond motifs is 1. The molecule has 1 amide bonds. The summed E-state index contributed by atoms with van der Waals surface area (Å²) in [6.45, 7) is 4.83. The number of aliphatic hydroxyl groups is 2. The molecule has 6 heteroatoms. The number of carbonyl (C=O) groups excluding carboxylic acids is 1. The second-order valence-electron chi connectivity index (χ2n) is 6.43. The van der Waals surface area contributed by atoms with Crippen molar-refractivity contribution in [1.29, 1.82) is 0 Å². The first kappa shape index (κ1) is 16.4. The zero-order valence-electron chi connectivity index (χ0n) is 13.4. The molecule has 0 unspecified atom stereocenters. The van der Waals surface area contributed by atoms with Gasteiger partial charge in [-0.15, -0.1) is 0 Å². The van der Waals surface area contributed by atoms with E-state index in [0.29, 0.717) is 39.3 Å². The molecule has 1 saturated heterocycles. The van der Waals surface area contributed by atoms with Crippen LogP contribution in [-0.4, -0.2) is 82.8 Å². The number of hydrogen-bond donors (Lipinski definition) is 2. The van der Waals surface area contributed by atoms with Crippen LogP contribution in [0.5, 0.6) is 0 Å². The van der Waals surface area contributed by atoms with Gasteiger partial charge in [-0.2, -0.15) is 0 Å². The summed E-state index contributed by atoms with van der Waals surface area (Å²) < 4.78 is 0. The lowest BCUT2D eigenvalue weighted by Gasteiger charge is -2.24. The van der Waals surface area contributed by atoms with E-state index >= 15 is 0 Å². The Morgan fingerprint density at radius 2 is 1.78 bits per heavy atom. The maximum Gasteiger partial charge on any atom is 0.236 e. The average molecular weight is 319 g/mol. The summed E-state index contributed by atoms with van der Waals surface area (Å²) in [4.78, 5) is 18.5. The second kappa shape index (κ2) is 7.40. The number of benzene rings is 1. The molecule has 6 nitrogen and oxygen atoms in total. The molecule has 2 aliphatic heterocycles. The molecule has 0 radical (unpaired) electrons. The summed E-state index contributed by atoms with van der Waals surface area (Å²) in [5, 5.41) is 19.1. The first-order valence-electron chi connectivity index (χ1n) is 8.24. The van der Waals surface area contributed by atoms with Crippen molar-refractivity contribution in [1.82, 2.24) is 14.7 Å². The quantitative estimate of drug-likeness (QED) is 0.783. The highest BCUT2D eigenvalue weighted by atomic mass is 16.3. The average Bonchev–Trinajstić information content (AvgIpc) is 2.83. The molecular formula is C17H25N3O3. The van der Waals surface area contributed by atoms with E-state index in [0.717, 1.165) is 13.1 Å². The van der Waals surface area contributed by atoms with E-state index < -0.39 is 6.10 Å². The first-order valence-corrected chi connectivity index (χ1v) is 8.24. The Morgan fingerprint density at radius 3 is 2.43 bits per heavy atom. The zero-order valence-corrected chi connectivity index (χ0v) is 13.4. The summed E-state index contributed by atoms with van der Waals surface area (Å²) in [5.74, 6) is 0.0719. The third-order valence-corrected chi connectivity index (χ3v) is 4.62. The Labute approximate surface area is 136 Å². The number of rotatable bonds is 4. The maximum absolute atomic E-state index is 12.6. The van der Waals surface area contributed by atoms with Gasteiger partial charge in [0.1, 0.15) is 0 Å². The first-order chi connectivity index (χ1) is 11.2. The Kier molecular flexibility index (Phi) is 5.27. The van der Waals surface area contributed by atoms with Crippen molar-refractivity contribution in [3.8, 4) is 0 Å². The van der Waals surface area contributed by atoms with Crippen LogP contribution in [0.4, 0.5) is 0 Å². The molecule has 2 N–H and O–H groups in total. The molecule has 1 aromatic carbocycles. The number of β-amino-alcohol motifs (C(OH)–C–C–N with tert-alkyl or cyclic N) is 2. The molecule has 3 rings (SSSR count). The van der Waals surface area contributed by atoms with E-state index in [1.807, 2.05) is 17.0 Å². The van der Waals surface area contributed by atoms with Crippen LogP contribution < -0.4 is 0 Å². The van der Waals surface area contributed by atoms with Crippen molar-refractivity contribution in [2.24, 2.45) is 0 Å². The lowest BCUT2D eigenvalue weighted by molar-refractivity contribution is -0.133. The van der Waals surface area contributed by atoms with Gasteiger partial charge in [-0.3, -0.25) is 14.6 Å². The van der Waals surface area contributed by atoms with Gasteiger partial charge in [0, 0.05) is 45.8 Å². The molecule has 0 aromatic heterocycles. The van der Waals surface area contributed by atoms with E-state index in [-0.39, 0.29) is 12.5 Å². The van der Waals surface area contributed by atoms with Gasteiger partial charge in [-0.1, -0.05) is 24.3 Å². The highest BCUT2D eigenvalue weighted by molar-refractivity contribution is 5.78. The highest BCUT2D eigenvalue weighted by Crippen LogP contribution is 2.22. The van der Waals surface area contributed by atoms with Crippen molar-refractivity contribution >= 4 is 5.91 Å². The van der Waals surface area contributed by atoms with Gasteiger partial charge < -0.3 is 15.1 Å². The van der Waals surface area contributed by atoms with Gasteiger partial charge >= 0.3 is 0 Å². The van der Waals surface area contributed by atoms with Crippen LogP contribution in [0, 0.1) is 0 Å². The van der Waals surface area contributed by atoms with Crippen molar-refractivity contribution in [2.45, 2.75) is 19.2 Å². The minimum atomic E-state index is -0.552. The molecule has 1 atom stereocenters. The fourth-order valence-electron chi connectivity index (χ4n) is 3.43. The highest BCUT2D eigenvalue weighted by Gasteiger charge is 2.27. The summed E-state index contributed by atoms with van der Waals surface area (Å²) in [6.07, 6.45) is -0.552. The van der Waals surface area contributed by atoms with Crippen molar-refractivity contribution in [3.05, 3.63) is 35.4 Å². The Bertz CT molecular complexity index is 527. The minimum absolute atomic E-state index is 0.0719. The van der Waals surface area contributed by atoms with Crippen LogP contribution in [0.3, 0.4) is 0 Å². The van der Waals surface area contributed by atoms with Crippen molar-refractivity contribution in [2.75, 3.05) is 45.9 Å². The molecule has 2 heterocycles. The monoisotopic (exact) mass is 319 g/mol. The van der Waals surface area contributed by atoms with E-state index in [9.17, 15) is 9.90 Å². The molecule has 0 aliphatic carbocycles. The number of carbonyl (C=O) groups is 1. The van der Waals surface area contributed by atoms with Crippen LogP contribution in [0.15, 0.2) is 24.3 Å². The molecule has 0 spiro atoms. The van der Waals surface area contributed by atoms with Crippen LogP contribution in [0.1, 0.15) is 11.1 Å². The Balaban J connectivity index is 1.54. The summed E-state index contributed by atoms with van der Waals surface area (Å²) in [7, 11) is 0. The molecule has 23 heavy (non-hydrogen) atoms. The zero-order chi connectivity index (χ0) is 16.2. The fourth-order valence-corrected chi connectivity index (χ4v) is 3.43. The van der Waals surface area contributed by atoms with Gasteiger partial charge in [-0.25, -0.2) is 0 Å². The second-order valence-corrected chi connectivity index (χ2v) is 6.43. The molecule has 0 saturated carbocycles. The number of nitrogens with zero attached hydrogens (tertiary/aromatic N) is 3. The normalized spacial score (nSPS) is 22.9. The van der Waals surface area contributed by atoms with Gasteiger partial charge in [0.05, 0.1) is 19.3 Å². The van der Waals surface area contributed by atoms with E-state index in [4.69, 9.17) is 5.11 Å². The van der Waals surface area contributed by atoms with Crippen LogP contribution in [0.2, 0.25) is 0 Å². The van der Waals surface area contributed by atoms with E-state index in [2.05, 4.69) is 17.0 Å². The van der Waals surface area contributed by atoms with Gasteiger partial charge in [-0.05, 0) is 11.1 Å². The van der Waals surface area contributed by atoms with Gasteiger partial charge in [0.25, 0.3) is 0 Å². The predicted molar refractivity (Wildman–Crippen MR) is 86.7 cm³/mol. The lowest BCUT2D eigenvalue weighted by Crippen LogP contribution is -2.42. The molecular weight excluding hydrogens is 294 g/mol. The van der Waals surface area contributed by atoms with E-state index in [1.54, 1.807) is 4.90 Å². The van der Waals surface area contributed by atoms with Crippen LogP contribution >= 0.6 is 0 Å². The van der Waals surface area contributed by atoms with Crippen molar-refractivity contribution in [3.63, 3.8) is 0 Å². The topological polar surface area (TPSA) is 67.3 Å². The van der Waals surface area contributed by atoms with E-state index in [1.165, 1.54) is 11.1 Å². The Hall–Kier alpha value is -1.47. The number of aliphatic hydroxyl groups excluding tert-OH is 2. The molecule has 1 aromatic rings. The number of amides is 1. The summed E-state index contributed by atoms with van der Waals surface area (Å²) in [5.41, 5.74) is 2.59. The minimum Gasteiger partial charge on any atom is -0.395 e. The maximum atomic E-state index is 12.6. The standard InChI is InChI=1S/C17H25N3O3/c21-8-7-18-5-6-20(12-16(22)11-18)17(23)13-19-9-14-3-1-2-4-15(14)10-19/h1-4,16,21-22H,5-13H2/t16-/m0/s1. The van der Waals surface area contributed by atoms with Gasteiger partial charge in [0.15, 0.2) is 0 Å². The Morgan fingerprint density at radius 1 is 1.09 bits per heavy atom. The van der Waals surface area contributed by atoms with Crippen LogP contribution in [0.25, 0.3) is 0 Å². The van der Waals surface area contributed by atoms with Crippen LogP contribution in [-0.2, 0) is 17.9 Å². The molecule has 2 aliphatic rings. The predicted octanol–water partition coefficient (Wildman–Crippen LogP) is -0.500. The molecule has 126 valence electrons. The third kappa shape index (κ3) is 4.09. The third-order valence-electron chi connectivity index (χ3n) is 4.62. The SMILES string of the molecule is O=C(CN1Cc2ccccc2C1)N1CCN(CCO)C[C@H](O)C1. The molecule has 0 bridgehead atoms. The largest absolute Gasteiger partial charge is 0.395 e. The fraction of sp³-hybridized carbons (Fsp3) is 0.588. The smallest absolute Gasteiger partial charge is 0.236 e. The lowest BCUT2D eigenvalue weighted by atomic mass is 10.1. The summed E-state index contributed by atoms with van der Waals surface area (Å²) >= 11 is 0.